The highest BCUT2D eigenvalue weighted by Gasteiger charge is 2.42. The standard InChI is InChI=1S/C31H37F3N2O9/c1-29(2,3)35-15-16-36(30(4,5)6)25(35)23(28(40)44-10)22(27(39)43-9)24(18-11-13-19(14-12-18)31(32,33)34)45-20(26(38)42-8)17-21(37)41-7/h11-17H,1-10H3/b20-17+,24-22+. The average molecular weight is 639 g/mol. The lowest BCUT2D eigenvalue weighted by Gasteiger charge is -2.41. The molecule has 0 aliphatic carbocycles. The molecule has 0 fully saturated rings. The van der Waals surface area contributed by atoms with Crippen molar-refractivity contribution in [1.82, 2.24) is 9.80 Å². The first-order chi connectivity index (χ1) is 20.7. The molecule has 0 N–H and O–H groups in total. The Kier molecular flexibility index (Phi) is 11.3. The number of ether oxygens (including phenoxy) is 5. The highest BCUT2D eigenvalue weighted by Crippen LogP contribution is 2.40. The molecule has 0 saturated carbocycles. The molecule has 11 nitrogen and oxygen atoms in total. The average Bonchev–Trinajstić information content (AvgIpc) is 3.43. The monoisotopic (exact) mass is 638 g/mol. The van der Waals surface area contributed by atoms with Crippen molar-refractivity contribution in [3.05, 3.63) is 76.6 Å². The quantitative estimate of drug-likeness (QED) is 0.167. The number of hydrogen-bond acceptors (Lipinski definition) is 11. The Balaban J connectivity index is 3.28. The van der Waals surface area contributed by atoms with Crippen LogP contribution in [0, 0.1) is 0 Å². The predicted molar refractivity (Wildman–Crippen MR) is 155 cm³/mol. The van der Waals surface area contributed by atoms with Crippen LogP contribution >= 0.6 is 0 Å². The van der Waals surface area contributed by atoms with E-state index in [0.29, 0.717) is 18.2 Å². The van der Waals surface area contributed by atoms with Crippen molar-refractivity contribution in [2.24, 2.45) is 0 Å². The molecule has 1 aliphatic heterocycles. The Hall–Kier alpha value is -4.75. The number of alkyl halides is 3. The fourth-order valence-corrected chi connectivity index (χ4v) is 4.10. The third kappa shape index (κ3) is 8.46. The van der Waals surface area contributed by atoms with Gasteiger partial charge in [-0.05, 0) is 53.7 Å². The molecule has 1 aliphatic rings. The minimum atomic E-state index is -4.72. The molecule has 0 atom stereocenters. The van der Waals surface area contributed by atoms with Gasteiger partial charge in [0.1, 0.15) is 17.0 Å². The maximum Gasteiger partial charge on any atom is 0.416 e. The maximum absolute atomic E-state index is 13.7. The predicted octanol–water partition coefficient (Wildman–Crippen LogP) is 4.91. The van der Waals surface area contributed by atoms with E-state index in [9.17, 15) is 32.3 Å². The molecule has 0 radical (unpaired) electrons. The minimum absolute atomic E-state index is 0.131. The van der Waals surface area contributed by atoms with Gasteiger partial charge in [0, 0.05) is 29.0 Å². The van der Waals surface area contributed by atoms with Crippen molar-refractivity contribution < 1.29 is 56.0 Å². The van der Waals surface area contributed by atoms with Gasteiger partial charge in [-0.15, -0.1) is 0 Å². The van der Waals surface area contributed by atoms with Gasteiger partial charge in [0.2, 0.25) is 5.76 Å². The summed E-state index contributed by atoms with van der Waals surface area (Å²) in [5.74, 6) is -5.83. The topological polar surface area (TPSA) is 121 Å². The molecule has 0 aromatic heterocycles. The van der Waals surface area contributed by atoms with Crippen LogP contribution in [0.25, 0.3) is 5.76 Å². The number of hydrogen-bond donors (Lipinski definition) is 0. The Morgan fingerprint density at radius 1 is 0.689 bits per heavy atom. The minimum Gasteiger partial charge on any atom is -0.466 e. The van der Waals surface area contributed by atoms with Crippen LogP contribution in [0.4, 0.5) is 13.2 Å². The largest absolute Gasteiger partial charge is 0.466 e. The number of benzene rings is 1. The third-order valence-corrected chi connectivity index (χ3v) is 6.27. The molecule has 1 aromatic carbocycles. The van der Waals surface area contributed by atoms with E-state index in [1.54, 1.807) is 22.2 Å². The number of rotatable bonds is 8. The Labute approximate surface area is 259 Å². The van der Waals surface area contributed by atoms with Crippen LogP contribution in [-0.4, -0.2) is 73.2 Å². The van der Waals surface area contributed by atoms with Crippen molar-refractivity contribution in [2.75, 3.05) is 28.4 Å². The first-order valence-electron chi connectivity index (χ1n) is 13.4. The molecule has 2 rings (SSSR count). The van der Waals surface area contributed by atoms with Gasteiger partial charge >= 0.3 is 30.1 Å². The summed E-state index contributed by atoms with van der Waals surface area (Å²) in [6, 6.07) is 3.34. The Morgan fingerprint density at radius 2 is 1.16 bits per heavy atom. The Morgan fingerprint density at radius 3 is 1.53 bits per heavy atom. The number of methoxy groups -OCH3 is 4. The lowest BCUT2D eigenvalue weighted by Crippen LogP contribution is -2.45. The van der Waals surface area contributed by atoms with E-state index in [1.165, 1.54) is 0 Å². The van der Waals surface area contributed by atoms with Crippen LogP contribution in [0.1, 0.15) is 52.7 Å². The molecule has 0 bridgehead atoms. The summed E-state index contributed by atoms with van der Waals surface area (Å²) in [6.07, 6.45) is -0.760. The van der Waals surface area contributed by atoms with Crippen molar-refractivity contribution in [3.63, 3.8) is 0 Å². The maximum atomic E-state index is 13.7. The van der Waals surface area contributed by atoms with E-state index in [2.05, 4.69) is 4.74 Å². The first kappa shape index (κ1) is 36.4. The van der Waals surface area contributed by atoms with Crippen molar-refractivity contribution in [2.45, 2.75) is 58.8 Å². The number of nitrogens with zero attached hydrogens (tertiary/aromatic N) is 2. The second kappa shape index (κ2) is 13.9. The number of halogens is 3. The third-order valence-electron chi connectivity index (χ3n) is 6.27. The lowest BCUT2D eigenvalue weighted by atomic mass is 9.96. The number of carbonyl (C=O) groups excluding carboxylic acids is 4. The van der Waals surface area contributed by atoms with Crippen LogP contribution < -0.4 is 0 Å². The zero-order chi connectivity index (χ0) is 34.5. The second-order valence-corrected chi connectivity index (χ2v) is 11.5. The smallest absolute Gasteiger partial charge is 0.416 e. The van der Waals surface area contributed by atoms with Crippen LogP contribution in [-0.2, 0) is 49.0 Å². The Bertz CT molecular complexity index is 1420. The van der Waals surface area contributed by atoms with Crippen LogP contribution in [0.5, 0.6) is 0 Å². The number of esters is 4. The molecular formula is C31H37F3N2O9. The van der Waals surface area contributed by atoms with E-state index < -0.39 is 69.4 Å². The van der Waals surface area contributed by atoms with Gasteiger partial charge < -0.3 is 33.5 Å². The first-order valence-corrected chi connectivity index (χ1v) is 13.4. The molecule has 45 heavy (non-hydrogen) atoms. The zero-order valence-corrected chi connectivity index (χ0v) is 26.7. The normalized spacial score (nSPS) is 14.5. The molecule has 1 heterocycles. The van der Waals surface area contributed by atoms with Crippen LogP contribution in [0.2, 0.25) is 0 Å². The molecule has 14 heteroatoms. The number of carbonyl (C=O) groups is 4. The van der Waals surface area contributed by atoms with Crippen molar-refractivity contribution in [3.8, 4) is 0 Å². The van der Waals surface area contributed by atoms with Gasteiger partial charge in [0.05, 0.1) is 40.1 Å². The molecule has 0 amide bonds. The summed E-state index contributed by atoms with van der Waals surface area (Å²) in [5.41, 5.74) is -3.70. The molecule has 1 aromatic rings. The second-order valence-electron chi connectivity index (χ2n) is 11.5. The van der Waals surface area contributed by atoms with Crippen LogP contribution in [0.15, 0.2) is 65.5 Å². The highest BCUT2D eigenvalue weighted by molar-refractivity contribution is 6.12. The van der Waals surface area contributed by atoms with Crippen LogP contribution in [0.3, 0.4) is 0 Å². The molecule has 0 unspecified atom stereocenters. The zero-order valence-electron chi connectivity index (χ0n) is 26.7. The fourth-order valence-electron chi connectivity index (χ4n) is 4.10. The SMILES string of the molecule is COC(=O)/C=C(/O/C(=C(/C(=O)OC)C(C(=O)OC)=C1N(C(C)(C)C)C=CN1C(C)(C)C)c1ccc(C(F)(F)F)cc1)C(=O)OC. The van der Waals surface area contributed by atoms with E-state index >= 15 is 0 Å². The van der Waals surface area contributed by atoms with E-state index in [4.69, 9.17) is 18.9 Å². The van der Waals surface area contributed by atoms with Gasteiger partial charge in [-0.3, -0.25) is 0 Å². The van der Waals surface area contributed by atoms with Gasteiger partial charge in [0.15, 0.2) is 5.76 Å². The molecular weight excluding hydrogens is 601 g/mol. The molecule has 0 spiro atoms. The highest BCUT2D eigenvalue weighted by atomic mass is 19.4. The summed E-state index contributed by atoms with van der Waals surface area (Å²) in [6.45, 7) is 11.0. The van der Waals surface area contributed by atoms with Gasteiger partial charge in [-0.25, -0.2) is 19.2 Å². The lowest BCUT2D eigenvalue weighted by molar-refractivity contribution is -0.141. The van der Waals surface area contributed by atoms with Crippen molar-refractivity contribution >= 4 is 29.6 Å². The summed E-state index contributed by atoms with van der Waals surface area (Å²) < 4.78 is 65.7. The molecule has 246 valence electrons. The summed E-state index contributed by atoms with van der Waals surface area (Å²) in [5, 5.41) is 0. The van der Waals surface area contributed by atoms with E-state index in [0.717, 1.165) is 40.6 Å². The van der Waals surface area contributed by atoms with Gasteiger partial charge in [-0.1, -0.05) is 12.1 Å². The van der Waals surface area contributed by atoms with E-state index in [-0.39, 0.29) is 11.4 Å². The molecule has 0 saturated heterocycles. The van der Waals surface area contributed by atoms with E-state index in [1.807, 2.05) is 41.5 Å². The summed E-state index contributed by atoms with van der Waals surface area (Å²) in [7, 11) is 4.08. The summed E-state index contributed by atoms with van der Waals surface area (Å²) >= 11 is 0. The van der Waals surface area contributed by atoms with Gasteiger partial charge in [0.25, 0.3) is 0 Å². The van der Waals surface area contributed by atoms with Gasteiger partial charge in [-0.2, -0.15) is 13.2 Å². The van der Waals surface area contributed by atoms with Crippen molar-refractivity contribution in [1.29, 1.82) is 0 Å². The fraction of sp³-hybridized carbons (Fsp3) is 0.419. The summed E-state index contributed by atoms with van der Waals surface area (Å²) in [4.78, 5) is 55.7.